The number of nitrogens with two attached hydrogens (primary N) is 1. The van der Waals surface area contributed by atoms with Crippen LogP contribution in [0.25, 0.3) is 0 Å². The van der Waals surface area contributed by atoms with Gasteiger partial charge in [0.2, 0.25) is 0 Å². The first-order chi connectivity index (χ1) is 17.7. The molecule has 2 aliphatic heterocycles. The summed E-state index contributed by atoms with van der Waals surface area (Å²) in [5, 5.41) is 80.0. The summed E-state index contributed by atoms with van der Waals surface area (Å²) in [6, 6.07) is 0. The molecule has 0 aromatic rings. The zero-order valence-electron chi connectivity index (χ0n) is 20.9. The third-order valence-electron chi connectivity index (χ3n) is 6.14. The fraction of sp³-hybridized carbons (Fsp3) is 1.00. The van der Waals surface area contributed by atoms with E-state index >= 15 is 0 Å². The Balaban J connectivity index is 2.06. The largest absolute Gasteiger partial charge is 0.472 e. The minimum Gasteiger partial charge on any atom is -0.394 e. The standard InChI is InChI=1S/C20H40NO16P/c1-8-12(24)14(26)16(28)20(34-8)36-11(13(25)10(23)6-22)7-33-38(30,31)37-18-9(2)35-19(17(29)15(18)27)32-5-3-4-21/h8-20,22-29H,3-7,21H2,1-2H3,(H,30,31)/t8-,9-,10+,11+,12-,13+,14+,15-,16+,17+,18-,19+,20-/m0/s1. The summed E-state index contributed by atoms with van der Waals surface area (Å²) in [6.07, 6.45) is -20.0. The zero-order chi connectivity index (χ0) is 28.8. The summed E-state index contributed by atoms with van der Waals surface area (Å²) in [5.41, 5.74) is 5.38. The van der Waals surface area contributed by atoms with Crippen LogP contribution in [0.1, 0.15) is 20.3 Å². The van der Waals surface area contributed by atoms with Crippen LogP contribution in [0.15, 0.2) is 0 Å². The van der Waals surface area contributed by atoms with E-state index in [1.807, 2.05) is 0 Å². The van der Waals surface area contributed by atoms with E-state index in [-0.39, 0.29) is 6.61 Å². The quantitative estimate of drug-likeness (QED) is 0.0680. The third-order valence-corrected chi connectivity index (χ3v) is 7.13. The van der Waals surface area contributed by atoms with Crippen molar-refractivity contribution in [2.45, 2.75) is 100.0 Å². The average molecular weight is 582 g/mol. The second-order valence-electron chi connectivity index (χ2n) is 9.13. The Morgan fingerprint density at radius 1 is 0.921 bits per heavy atom. The summed E-state index contributed by atoms with van der Waals surface area (Å²) >= 11 is 0. The molecule has 18 heteroatoms. The summed E-state index contributed by atoms with van der Waals surface area (Å²) in [5.74, 6) is 0. The third kappa shape index (κ3) is 8.79. The zero-order valence-corrected chi connectivity index (χ0v) is 21.8. The monoisotopic (exact) mass is 581 g/mol. The van der Waals surface area contributed by atoms with E-state index < -0.39 is 101 Å². The van der Waals surface area contributed by atoms with Gasteiger partial charge < -0.3 is 70.4 Å². The maximum absolute atomic E-state index is 12.7. The van der Waals surface area contributed by atoms with E-state index in [4.69, 9.17) is 33.7 Å². The van der Waals surface area contributed by atoms with Crippen molar-refractivity contribution in [2.24, 2.45) is 5.73 Å². The van der Waals surface area contributed by atoms with Crippen LogP contribution in [-0.2, 0) is 32.6 Å². The van der Waals surface area contributed by atoms with Crippen LogP contribution < -0.4 is 5.73 Å². The molecule has 0 amide bonds. The number of rotatable bonds is 14. The first-order valence-corrected chi connectivity index (χ1v) is 13.5. The minimum absolute atomic E-state index is 0.127. The summed E-state index contributed by atoms with van der Waals surface area (Å²) in [4.78, 5) is 10.2. The smallest absolute Gasteiger partial charge is 0.394 e. The molecule has 0 radical (unpaired) electrons. The highest BCUT2D eigenvalue weighted by Gasteiger charge is 2.48. The molecule has 0 aliphatic carbocycles. The Hall–Kier alpha value is -0.410. The summed E-state index contributed by atoms with van der Waals surface area (Å²) in [6.45, 7) is 1.25. The molecule has 38 heavy (non-hydrogen) atoms. The van der Waals surface area contributed by atoms with Gasteiger partial charge in [0.25, 0.3) is 0 Å². The van der Waals surface area contributed by atoms with Gasteiger partial charge in [-0.05, 0) is 26.8 Å². The molecule has 11 N–H and O–H groups in total. The Morgan fingerprint density at radius 2 is 1.53 bits per heavy atom. The van der Waals surface area contributed by atoms with Gasteiger partial charge in [-0.2, -0.15) is 0 Å². The molecule has 1 unspecified atom stereocenters. The number of hydrogen-bond donors (Lipinski definition) is 10. The van der Waals surface area contributed by atoms with E-state index in [0.29, 0.717) is 13.0 Å². The number of ether oxygens (including phenoxy) is 4. The predicted molar refractivity (Wildman–Crippen MR) is 123 cm³/mol. The van der Waals surface area contributed by atoms with E-state index in [1.54, 1.807) is 0 Å². The first-order valence-electron chi connectivity index (χ1n) is 12.0. The lowest BCUT2D eigenvalue weighted by Gasteiger charge is -2.41. The van der Waals surface area contributed by atoms with Crippen molar-refractivity contribution >= 4 is 7.82 Å². The van der Waals surface area contributed by atoms with E-state index in [2.05, 4.69) is 0 Å². The average Bonchev–Trinajstić information content (AvgIpc) is 2.88. The van der Waals surface area contributed by atoms with Gasteiger partial charge in [0.1, 0.15) is 54.9 Å². The molecule has 2 heterocycles. The molecule has 0 aromatic heterocycles. The highest BCUT2D eigenvalue weighted by Crippen LogP contribution is 2.47. The summed E-state index contributed by atoms with van der Waals surface area (Å²) < 4.78 is 43.9. The summed E-state index contributed by atoms with van der Waals surface area (Å²) in [7, 11) is -5.08. The molecule has 17 nitrogen and oxygen atoms in total. The van der Waals surface area contributed by atoms with E-state index in [1.165, 1.54) is 13.8 Å². The molecule has 2 rings (SSSR count). The van der Waals surface area contributed by atoms with Gasteiger partial charge >= 0.3 is 7.82 Å². The Labute approximate surface area is 218 Å². The van der Waals surface area contributed by atoms with Crippen LogP contribution in [-0.4, -0.2) is 152 Å². The molecular weight excluding hydrogens is 541 g/mol. The lowest BCUT2D eigenvalue weighted by atomic mass is 10.00. The number of phosphoric ester groups is 1. The van der Waals surface area contributed by atoms with Crippen molar-refractivity contribution in [1.29, 1.82) is 0 Å². The molecule has 0 aromatic carbocycles. The van der Waals surface area contributed by atoms with Gasteiger partial charge in [0, 0.05) is 0 Å². The van der Waals surface area contributed by atoms with Gasteiger partial charge in [-0.3, -0.25) is 9.05 Å². The van der Waals surface area contributed by atoms with Crippen molar-refractivity contribution in [3.8, 4) is 0 Å². The van der Waals surface area contributed by atoms with Gasteiger partial charge in [-0.15, -0.1) is 0 Å². The number of hydrogen-bond acceptors (Lipinski definition) is 16. The van der Waals surface area contributed by atoms with Crippen LogP contribution in [0.2, 0.25) is 0 Å². The van der Waals surface area contributed by atoms with Crippen molar-refractivity contribution in [3.63, 3.8) is 0 Å². The highest BCUT2D eigenvalue weighted by atomic mass is 31.2. The predicted octanol–water partition coefficient (Wildman–Crippen LogP) is -4.75. The molecule has 0 bridgehead atoms. The van der Waals surface area contributed by atoms with Gasteiger partial charge in [0.05, 0.1) is 32.0 Å². The molecule has 2 aliphatic rings. The maximum Gasteiger partial charge on any atom is 0.472 e. The SMILES string of the molecule is C[C@@H]1O[C@@H](O[C@H](COP(=O)(O)O[C@@H]2[C@@H](O)[C@@H](O)[C@H](OCCCN)O[C@H]2C)[C@H](O)[C@H](O)CO)[C@H](O)[C@H](O)[C@H]1O. The molecule has 0 saturated carbocycles. The second-order valence-corrected chi connectivity index (χ2v) is 10.5. The minimum atomic E-state index is -5.08. The molecule has 226 valence electrons. The Bertz CT molecular complexity index is 752. The fourth-order valence-corrected chi connectivity index (χ4v) is 4.80. The highest BCUT2D eigenvalue weighted by molar-refractivity contribution is 7.47. The second kappa shape index (κ2) is 15.0. The van der Waals surface area contributed by atoms with Crippen LogP contribution in [0.5, 0.6) is 0 Å². The van der Waals surface area contributed by atoms with Gasteiger partial charge in [-0.1, -0.05) is 0 Å². The molecule has 2 saturated heterocycles. The van der Waals surface area contributed by atoms with Crippen molar-refractivity contribution in [1.82, 2.24) is 0 Å². The van der Waals surface area contributed by atoms with Crippen LogP contribution in [0.4, 0.5) is 0 Å². The lowest BCUT2D eigenvalue weighted by molar-refractivity contribution is -0.315. The van der Waals surface area contributed by atoms with Gasteiger partial charge in [-0.25, -0.2) is 4.57 Å². The van der Waals surface area contributed by atoms with Crippen molar-refractivity contribution in [2.75, 3.05) is 26.4 Å². The normalized spacial score (nSPS) is 40.3. The lowest BCUT2D eigenvalue weighted by Crippen LogP contribution is -2.59. The first kappa shape index (κ1) is 33.8. The topological polar surface area (TPSA) is 281 Å². The van der Waals surface area contributed by atoms with E-state index in [0.717, 1.165) is 0 Å². The van der Waals surface area contributed by atoms with Crippen molar-refractivity contribution in [3.05, 3.63) is 0 Å². The molecule has 2 fully saturated rings. The fourth-order valence-electron chi connectivity index (χ4n) is 3.80. The van der Waals surface area contributed by atoms with E-state index in [9.17, 15) is 50.3 Å². The van der Waals surface area contributed by atoms with Crippen LogP contribution in [0, 0.1) is 0 Å². The Morgan fingerprint density at radius 3 is 2.13 bits per heavy atom. The maximum atomic E-state index is 12.7. The number of aliphatic hydroxyl groups is 8. The molecule has 14 atom stereocenters. The van der Waals surface area contributed by atoms with Crippen LogP contribution >= 0.6 is 7.82 Å². The number of phosphoric acid groups is 1. The number of aliphatic hydroxyl groups excluding tert-OH is 8. The van der Waals surface area contributed by atoms with Crippen LogP contribution in [0.3, 0.4) is 0 Å². The molecule has 0 spiro atoms. The van der Waals surface area contributed by atoms with Crippen molar-refractivity contribution < 1.29 is 78.3 Å². The molecular formula is C20H40NO16P. The van der Waals surface area contributed by atoms with Gasteiger partial charge in [0.15, 0.2) is 12.6 Å². The Kier molecular flexibility index (Phi) is 13.3.